The summed E-state index contributed by atoms with van der Waals surface area (Å²) in [6, 6.07) is 4.35. The number of ether oxygens (including phenoxy) is 2. The second-order valence-corrected chi connectivity index (χ2v) is 8.26. The lowest BCUT2D eigenvalue weighted by Crippen LogP contribution is -2.09. The van der Waals surface area contributed by atoms with Gasteiger partial charge in [0.05, 0.1) is 0 Å². The lowest BCUT2D eigenvalue weighted by molar-refractivity contribution is -0.142. The maximum absolute atomic E-state index is 11.0. The van der Waals surface area contributed by atoms with Gasteiger partial charge in [-0.05, 0) is 44.4 Å². The average molecular weight is 371 g/mol. The lowest BCUT2D eigenvalue weighted by atomic mass is 10.0. The number of hydrogen-bond acceptors (Lipinski definition) is 6. The summed E-state index contributed by atoms with van der Waals surface area (Å²) in [6.07, 6.45) is 0. The van der Waals surface area contributed by atoms with Crippen LogP contribution in [0.1, 0.15) is 49.9 Å². The Morgan fingerprint density at radius 3 is 1.62 bits per heavy atom. The van der Waals surface area contributed by atoms with E-state index in [4.69, 9.17) is 9.47 Å². The van der Waals surface area contributed by atoms with Crippen LogP contribution in [0.15, 0.2) is 12.1 Å². The summed E-state index contributed by atoms with van der Waals surface area (Å²) >= 11 is 3.21. The number of rotatable bonds is 8. The molecule has 1 rings (SSSR count). The Morgan fingerprint density at radius 1 is 0.917 bits per heavy atom. The SMILES string of the molecule is CC(=O)OC(C)SCc1cc(C)cc(CSC(C)OC(C)=O)c1C. The molecule has 0 spiro atoms. The highest BCUT2D eigenvalue weighted by Crippen LogP contribution is 2.28. The Morgan fingerprint density at radius 2 is 1.29 bits per heavy atom. The number of carbonyl (C=O) groups is 2. The van der Waals surface area contributed by atoms with Crippen LogP contribution < -0.4 is 0 Å². The first-order valence-electron chi connectivity index (χ1n) is 7.85. The van der Waals surface area contributed by atoms with Crippen molar-refractivity contribution in [2.75, 3.05) is 0 Å². The van der Waals surface area contributed by atoms with E-state index in [1.54, 1.807) is 23.5 Å². The molecule has 2 unspecified atom stereocenters. The van der Waals surface area contributed by atoms with Gasteiger partial charge in [0, 0.05) is 25.4 Å². The molecule has 0 saturated heterocycles. The van der Waals surface area contributed by atoms with E-state index < -0.39 is 0 Å². The van der Waals surface area contributed by atoms with Gasteiger partial charge in [-0.15, -0.1) is 23.5 Å². The zero-order chi connectivity index (χ0) is 18.3. The van der Waals surface area contributed by atoms with Gasteiger partial charge in [-0.1, -0.05) is 17.7 Å². The number of hydrogen-bond donors (Lipinski definition) is 0. The molecule has 0 bridgehead atoms. The molecule has 0 aliphatic rings. The monoisotopic (exact) mass is 370 g/mol. The van der Waals surface area contributed by atoms with Gasteiger partial charge in [0.25, 0.3) is 0 Å². The fraction of sp³-hybridized carbons (Fsp3) is 0.556. The Balaban J connectivity index is 2.73. The molecule has 0 amide bonds. The smallest absolute Gasteiger partial charge is 0.303 e. The van der Waals surface area contributed by atoms with Gasteiger partial charge >= 0.3 is 11.9 Å². The number of benzene rings is 1. The van der Waals surface area contributed by atoms with Crippen LogP contribution in [-0.4, -0.2) is 22.8 Å². The number of aryl methyl sites for hydroxylation is 1. The van der Waals surface area contributed by atoms with Gasteiger partial charge in [0.2, 0.25) is 0 Å². The van der Waals surface area contributed by atoms with Gasteiger partial charge in [0.15, 0.2) is 0 Å². The van der Waals surface area contributed by atoms with Gasteiger partial charge < -0.3 is 9.47 Å². The largest absolute Gasteiger partial charge is 0.452 e. The summed E-state index contributed by atoms with van der Waals surface area (Å²) in [7, 11) is 0. The molecule has 0 heterocycles. The molecule has 0 saturated carbocycles. The van der Waals surface area contributed by atoms with Crippen molar-refractivity contribution in [3.63, 3.8) is 0 Å². The zero-order valence-corrected chi connectivity index (χ0v) is 16.8. The Hall–Kier alpha value is -1.14. The van der Waals surface area contributed by atoms with Crippen LogP contribution in [0.5, 0.6) is 0 Å². The van der Waals surface area contributed by atoms with Gasteiger partial charge in [0.1, 0.15) is 10.9 Å². The van der Waals surface area contributed by atoms with Crippen LogP contribution in [0.4, 0.5) is 0 Å². The molecule has 0 radical (unpaired) electrons. The summed E-state index contributed by atoms with van der Waals surface area (Å²) in [5.74, 6) is 1.07. The normalized spacial score (nSPS) is 13.2. The first kappa shape index (κ1) is 20.9. The minimum absolute atomic E-state index is 0.163. The maximum Gasteiger partial charge on any atom is 0.303 e. The van der Waals surface area contributed by atoms with Crippen LogP contribution in [0.3, 0.4) is 0 Å². The van der Waals surface area contributed by atoms with Crippen molar-refractivity contribution in [1.29, 1.82) is 0 Å². The van der Waals surface area contributed by atoms with E-state index in [1.165, 1.54) is 36.1 Å². The number of carbonyl (C=O) groups excluding carboxylic acids is 2. The molecular weight excluding hydrogens is 344 g/mol. The van der Waals surface area contributed by atoms with Crippen LogP contribution in [0.2, 0.25) is 0 Å². The fourth-order valence-electron chi connectivity index (χ4n) is 2.26. The van der Waals surface area contributed by atoms with Crippen molar-refractivity contribution in [3.05, 3.63) is 34.4 Å². The maximum atomic E-state index is 11.0. The number of thioether (sulfide) groups is 2. The van der Waals surface area contributed by atoms with Crippen molar-refractivity contribution in [2.45, 2.75) is 63.9 Å². The summed E-state index contributed by atoms with van der Waals surface area (Å²) in [4.78, 5) is 22.0. The topological polar surface area (TPSA) is 52.6 Å². The third-order valence-corrected chi connectivity index (χ3v) is 5.46. The van der Waals surface area contributed by atoms with E-state index in [9.17, 15) is 9.59 Å². The second-order valence-electron chi connectivity index (χ2n) is 5.68. The van der Waals surface area contributed by atoms with E-state index in [1.807, 2.05) is 13.8 Å². The van der Waals surface area contributed by atoms with E-state index in [2.05, 4.69) is 26.0 Å². The molecule has 6 heteroatoms. The zero-order valence-electron chi connectivity index (χ0n) is 15.2. The molecule has 0 aliphatic carbocycles. The molecule has 0 aliphatic heterocycles. The molecule has 134 valence electrons. The minimum Gasteiger partial charge on any atom is -0.452 e. The highest BCUT2D eigenvalue weighted by molar-refractivity contribution is 7.99. The molecule has 2 atom stereocenters. The van der Waals surface area contributed by atoms with E-state index >= 15 is 0 Å². The van der Waals surface area contributed by atoms with E-state index in [0.717, 1.165) is 11.5 Å². The molecule has 1 aromatic carbocycles. The summed E-state index contributed by atoms with van der Waals surface area (Å²) in [5, 5.41) is 0. The van der Waals surface area contributed by atoms with Crippen LogP contribution in [-0.2, 0) is 30.6 Å². The van der Waals surface area contributed by atoms with E-state index in [0.29, 0.717) is 0 Å². The molecule has 0 N–H and O–H groups in total. The van der Waals surface area contributed by atoms with Crippen LogP contribution in [0, 0.1) is 13.8 Å². The first-order chi connectivity index (χ1) is 11.2. The van der Waals surface area contributed by atoms with Gasteiger partial charge in [-0.3, -0.25) is 9.59 Å². The summed E-state index contributed by atoms with van der Waals surface area (Å²) in [5.41, 5.74) is 4.61. The quantitative estimate of drug-likeness (QED) is 0.493. The van der Waals surface area contributed by atoms with Crippen molar-refractivity contribution >= 4 is 35.5 Å². The summed E-state index contributed by atoms with van der Waals surface area (Å²) in [6.45, 7) is 10.8. The molecule has 24 heavy (non-hydrogen) atoms. The molecule has 0 fully saturated rings. The third-order valence-electron chi connectivity index (χ3n) is 3.38. The van der Waals surface area contributed by atoms with Gasteiger partial charge in [-0.25, -0.2) is 0 Å². The summed E-state index contributed by atoms with van der Waals surface area (Å²) < 4.78 is 10.3. The predicted molar refractivity (Wildman–Crippen MR) is 101 cm³/mol. The van der Waals surface area contributed by atoms with Gasteiger partial charge in [-0.2, -0.15) is 0 Å². The van der Waals surface area contributed by atoms with Crippen LogP contribution in [0.25, 0.3) is 0 Å². The highest BCUT2D eigenvalue weighted by Gasteiger charge is 2.12. The lowest BCUT2D eigenvalue weighted by Gasteiger charge is -2.17. The Bertz CT molecular complexity index is 539. The van der Waals surface area contributed by atoms with Crippen molar-refractivity contribution in [2.24, 2.45) is 0 Å². The second kappa shape index (κ2) is 9.99. The number of esters is 2. The standard InChI is InChI=1S/C18H26O4S2/c1-11-7-17(9-23-15(5)21-13(3)19)12(2)18(8-11)10-24-16(6)22-14(4)20/h7-8,15-16H,9-10H2,1-6H3. The fourth-order valence-corrected chi connectivity index (χ4v) is 4.10. The molecule has 0 aromatic heterocycles. The average Bonchev–Trinajstić information content (AvgIpc) is 2.44. The van der Waals surface area contributed by atoms with Crippen molar-refractivity contribution < 1.29 is 19.1 Å². The van der Waals surface area contributed by atoms with E-state index in [-0.39, 0.29) is 22.8 Å². The highest BCUT2D eigenvalue weighted by atomic mass is 32.2. The Labute approximate surface area is 153 Å². The molecule has 1 aromatic rings. The molecular formula is C18H26O4S2. The predicted octanol–water partition coefficient (Wildman–Crippen LogP) is 4.59. The molecule has 4 nitrogen and oxygen atoms in total. The van der Waals surface area contributed by atoms with Crippen molar-refractivity contribution in [1.82, 2.24) is 0 Å². The third kappa shape index (κ3) is 7.62. The first-order valence-corrected chi connectivity index (χ1v) is 9.95. The minimum atomic E-state index is -0.257. The Kier molecular flexibility index (Phi) is 8.70. The van der Waals surface area contributed by atoms with Crippen LogP contribution >= 0.6 is 23.5 Å². The van der Waals surface area contributed by atoms with Crippen molar-refractivity contribution in [3.8, 4) is 0 Å².